The Labute approximate surface area is 121 Å². The van der Waals surface area contributed by atoms with Crippen molar-refractivity contribution in [3.63, 3.8) is 0 Å². The molecule has 1 aromatic rings. The summed E-state index contributed by atoms with van der Waals surface area (Å²) >= 11 is 0. The SMILES string of the molecule is CC(C)NC(=O)CN(C)c1ccc(CNC2CC2)cc1. The Morgan fingerprint density at radius 2 is 1.95 bits per heavy atom. The van der Waals surface area contributed by atoms with E-state index in [0.29, 0.717) is 6.54 Å². The van der Waals surface area contributed by atoms with E-state index in [2.05, 4.69) is 34.9 Å². The first-order valence-corrected chi connectivity index (χ1v) is 7.37. The summed E-state index contributed by atoms with van der Waals surface area (Å²) in [5, 5.41) is 6.40. The van der Waals surface area contributed by atoms with Crippen LogP contribution in [0.25, 0.3) is 0 Å². The molecule has 2 rings (SSSR count). The molecule has 4 nitrogen and oxygen atoms in total. The smallest absolute Gasteiger partial charge is 0.239 e. The summed E-state index contributed by atoms with van der Waals surface area (Å²) in [6.07, 6.45) is 2.62. The Hall–Kier alpha value is -1.55. The number of amides is 1. The topological polar surface area (TPSA) is 44.4 Å². The van der Waals surface area contributed by atoms with Crippen LogP contribution in [-0.2, 0) is 11.3 Å². The molecule has 2 N–H and O–H groups in total. The van der Waals surface area contributed by atoms with Gasteiger partial charge in [0.2, 0.25) is 5.91 Å². The summed E-state index contributed by atoms with van der Waals surface area (Å²) in [5.74, 6) is 0.0574. The number of rotatable bonds is 7. The minimum Gasteiger partial charge on any atom is -0.365 e. The summed E-state index contributed by atoms with van der Waals surface area (Å²) in [6, 6.07) is 9.33. The molecule has 0 aliphatic heterocycles. The van der Waals surface area contributed by atoms with E-state index in [9.17, 15) is 4.79 Å². The predicted octanol–water partition coefficient (Wildman–Crippen LogP) is 1.90. The third-order valence-electron chi connectivity index (χ3n) is 3.38. The maximum absolute atomic E-state index is 11.7. The van der Waals surface area contributed by atoms with Gasteiger partial charge in [0.15, 0.2) is 0 Å². The molecule has 0 atom stereocenters. The first-order chi connectivity index (χ1) is 9.54. The van der Waals surface area contributed by atoms with E-state index in [1.54, 1.807) is 0 Å². The summed E-state index contributed by atoms with van der Waals surface area (Å²) in [5.41, 5.74) is 2.36. The molecule has 1 aromatic carbocycles. The van der Waals surface area contributed by atoms with Crippen molar-refractivity contribution in [2.75, 3.05) is 18.5 Å². The van der Waals surface area contributed by atoms with Gasteiger partial charge in [0.1, 0.15) is 0 Å². The fraction of sp³-hybridized carbons (Fsp3) is 0.562. The van der Waals surface area contributed by atoms with Crippen LogP contribution in [0.2, 0.25) is 0 Å². The summed E-state index contributed by atoms with van der Waals surface area (Å²) in [6.45, 7) is 5.26. The fourth-order valence-electron chi connectivity index (χ4n) is 2.09. The van der Waals surface area contributed by atoms with Crippen LogP contribution < -0.4 is 15.5 Å². The molecule has 0 unspecified atom stereocenters. The van der Waals surface area contributed by atoms with Crippen LogP contribution in [0.15, 0.2) is 24.3 Å². The van der Waals surface area contributed by atoms with Crippen LogP contribution in [0, 0.1) is 0 Å². The molecule has 1 aliphatic rings. The Morgan fingerprint density at radius 3 is 2.50 bits per heavy atom. The first-order valence-electron chi connectivity index (χ1n) is 7.37. The van der Waals surface area contributed by atoms with Crippen LogP contribution in [0.3, 0.4) is 0 Å². The molecule has 0 spiro atoms. The third-order valence-corrected chi connectivity index (χ3v) is 3.38. The van der Waals surface area contributed by atoms with Crippen molar-refractivity contribution in [2.24, 2.45) is 0 Å². The zero-order chi connectivity index (χ0) is 14.5. The number of carbonyl (C=O) groups excluding carboxylic acids is 1. The summed E-state index contributed by atoms with van der Waals surface area (Å²) < 4.78 is 0. The van der Waals surface area contributed by atoms with Gasteiger partial charge in [-0.1, -0.05) is 12.1 Å². The highest BCUT2D eigenvalue weighted by Gasteiger charge is 2.19. The van der Waals surface area contributed by atoms with Gasteiger partial charge in [0.25, 0.3) is 0 Å². The van der Waals surface area contributed by atoms with Crippen molar-refractivity contribution in [1.29, 1.82) is 0 Å². The number of anilines is 1. The van der Waals surface area contributed by atoms with Gasteiger partial charge in [-0.15, -0.1) is 0 Å². The lowest BCUT2D eigenvalue weighted by Crippen LogP contribution is -2.38. The van der Waals surface area contributed by atoms with E-state index in [0.717, 1.165) is 18.3 Å². The van der Waals surface area contributed by atoms with E-state index in [1.807, 2.05) is 25.8 Å². The lowest BCUT2D eigenvalue weighted by atomic mass is 10.2. The maximum atomic E-state index is 11.7. The second-order valence-corrected chi connectivity index (χ2v) is 5.90. The number of hydrogen-bond donors (Lipinski definition) is 2. The standard InChI is InChI=1S/C16H25N3O/c1-12(2)18-16(20)11-19(3)15-8-4-13(5-9-15)10-17-14-6-7-14/h4-5,8-9,12,14,17H,6-7,10-11H2,1-3H3,(H,18,20). The van der Waals surface area contributed by atoms with Gasteiger partial charge < -0.3 is 15.5 Å². The van der Waals surface area contributed by atoms with Crippen molar-refractivity contribution in [3.05, 3.63) is 29.8 Å². The quantitative estimate of drug-likeness (QED) is 0.799. The molecule has 110 valence electrons. The number of benzene rings is 1. The van der Waals surface area contributed by atoms with Crippen LogP contribution in [-0.4, -0.2) is 31.6 Å². The third kappa shape index (κ3) is 4.85. The zero-order valence-corrected chi connectivity index (χ0v) is 12.6. The first kappa shape index (κ1) is 14.9. The summed E-state index contributed by atoms with van der Waals surface area (Å²) in [4.78, 5) is 13.7. The minimum atomic E-state index is 0.0574. The Kier molecular flexibility index (Phi) is 5.01. The van der Waals surface area contributed by atoms with Crippen LogP contribution in [0.4, 0.5) is 5.69 Å². The van der Waals surface area contributed by atoms with Crippen LogP contribution in [0.1, 0.15) is 32.3 Å². The largest absolute Gasteiger partial charge is 0.365 e. The Morgan fingerprint density at radius 1 is 1.30 bits per heavy atom. The number of nitrogens with zero attached hydrogens (tertiary/aromatic N) is 1. The zero-order valence-electron chi connectivity index (χ0n) is 12.6. The molecule has 1 fully saturated rings. The van der Waals surface area contributed by atoms with Gasteiger partial charge >= 0.3 is 0 Å². The van der Waals surface area contributed by atoms with Crippen molar-refractivity contribution in [2.45, 2.75) is 45.3 Å². The monoisotopic (exact) mass is 275 g/mol. The molecule has 0 aromatic heterocycles. The van der Waals surface area contributed by atoms with E-state index in [-0.39, 0.29) is 11.9 Å². The molecule has 4 heteroatoms. The van der Waals surface area contributed by atoms with Gasteiger partial charge in [0.05, 0.1) is 6.54 Å². The highest BCUT2D eigenvalue weighted by molar-refractivity contribution is 5.81. The molecular weight excluding hydrogens is 250 g/mol. The Bertz CT molecular complexity index is 438. The maximum Gasteiger partial charge on any atom is 0.239 e. The van der Waals surface area contributed by atoms with Crippen molar-refractivity contribution in [1.82, 2.24) is 10.6 Å². The number of hydrogen-bond acceptors (Lipinski definition) is 3. The number of nitrogens with one attached hydrogen (secondary N) is 2. The number of carbonyl (C=O) groups is 1. The van der Waals surface area contributed by atoms with Crippen molar-refractivity contribution in [3.8, 4) is 0 Å². The van der Waals surface area contributed by atoms with Gasteiger partial charge in [-0.25, -0.2) is 0 Å². The molecule has 0 saturated heterocycles. The minimum absolute atomic E-state index is 0.0574. The molecule has 20 heavy (non-hydrogen) atoms. The lowest BCUT2D eigenvalue weighted by Gasteiger charge is -2.20. The Balaban J connectivity index is 1.82. The van der Waals surface area contributed by atoms with Crippen molar-refractivity contribution >= 4 is 11.6 Å². The van der Waals surface area contributed by atoms with Gasteiger partial charge in [-0.2, -0.15) is 0 Å². The average molecular weight is 275 g/mol. The molecule has 1 saturated carbocycles. The van der Waals surface area contributed by atoms with Gasteiger partial charge in [-0.3, -0.25) is 4.79 Å². The highest BCUT2D eigenvalue weighted by atomic mass is 16.2. The van der Waals surface area contributed by atoms with E-state index < -0.39 is 0 Å². The highest BCUT2D eigenvalue weighted by Crippen LogP contribution is 2.20. The lowest BCUT2D eigenvalue weighted by molar-refractivity contribution is -0.120. The van der Waals surface area contributed by atoms with E-state index in [4.69, 9.17) is 0 Å². The van der Waals surface area contributed by atoms with Gasteiger partial charge in [0, 0.05) is 31.4 Å². The molecule has 0 bridgehead atoms. The molecular formula is C16H25N3O. The fourth-order valence-corrected chi connectivity index (χ4v) is 2.09. The number of likely N-dealkylation sites (N-methyl/N-ethyl adjacent to an activating group) is 1. The molecule has 0 radical (unpaired) electrons. The van der Waals surface area contributed by atoms with Crippen LogP contribution >= 0.6 is 0 Å². The predicted molar refractivity (Wildman–Crippen MR) is 82.9 cm³/mol. The van der Waals surface area contributed by atoms with Crippen molar-refractivity contribution < 1.29 is 4.79 Å². The van der Waals surface area contributed by atoms with Gasteiger partial charge in [-0.05, 0) is 44.4 Å². The van der Waals surface area contributed by atoms with E-state index >= 15 is 0 Å². The average Bonchev–Trinajstić information content (AvgIpc) is 3.19. The second kappa shape index (κ2) is 6.75. The van der Waals surface area contributed by atoms with E-state index in [1.165, 1.54) is 18.4 Å². The molecule has 0 heterocycles. The normalized spacial score (nSPS) is 14.4. The van der Waals surface area contributed by atoms with Crippen LogP contribution in [0.5, 0.6) is 0 Å². The summed E-state index contributed by atoms with van der Waals surface area (Å²) in [7, 11) is 1.94. The molecule has 1 amide bonds. The second-order valence-electron chi connectivity index (χ2n) is 5.90. The molecule has 1 aliphatic carbocycles.